The second-order valence-electron chi connectivity index (χ2n) is 1.89. The van der Waals surface area contributed by atoms with Crippen LogP contribution in [0.15, 0.2) is 0 Å². The number of hydrogen-bond acceptors (Lipinski definition) is 4. The van der Waals surface area contributed by atoms with Gasteiger partial charge in [0, 0.05) is 0 Å². The lowest BCUT2D eigenvalue weighted by Gasteiger charge is -1.96. The summed E-state index contributed by atoms with van der Waals surface area (Å²) >= 11 is 0. The molecule has 0 bridgehead atoms. The average molecular weight is 156 g/mol. The van der Waals surface area contributed by atoms with Gasteiger partial charge >= 0.3 is 0 Å². The maximum atomic E-state index is 11.0. The summed E-state index contributed by atoms with van der Waals surface area (Å²) in [4.78, 5) is 15.4. The Balaban J connectivity index is 2.76. The van der Waals surface area contributed by atoms with Gasteiger partial charge in [0.1, 0.15) is 0 Å². The minimum Gasteiger partial charge on any atom is -0.277 e. The highest BCUT2D eigenvalue weighted by Crippen LogP contribution is 1.96. The zero-order valence-corrected chi connectivity index (χ0v) is 6.21. The Morgan fingerprint density at radius 1 is 1.64 bits per heavy atom. The van der Waals surface area contributed by atoms with Crippen molar-refractivity contribution in [3.05, 3.63) is 11.4 Å². The number of aromatic amines is 1. The van der Waals surface area contributed by atoms with Crippen molar-refractivity contribution in [1.29, 1.82) is 0 Å². The van der Waals surface area contributed by atoms with Crippen LogP contribution in [0.25, 0.3) is 0 Å². The smallest absolute Gasteiger partial charge is 0.277 e. The van der Waals surface area contributed by atoms with Crippen LogP contribution in [0.5, 0.6) is 0 Å². The molecule has 0 radical (unpaired) electrons. The third kappa shape index (κ3) is 1.53. The molecule has 0 aliphatic heterocycles. The molecule has 0 saturated heterocycles. The maximum Gasteiger partial charge on any atom is 0.297 e. The van der Waals surface area contributed by atoms with E-state index in [9.17, 15) is 4.79 Å². The number of hydrogen-bond donors (Lipinski definition) is 2. The van der Waals surface area contributed by atoms with Crippen LogP contribution in [0.2, 0.25) is 0 Å². The molecule has 6 heteroatoms. The topological polar surface area (TPSA) is 79.9 Å². The number of amides is 1. The molecule has 0 atom stereocenters. The fraction of sp³-hybridized carbons (Fsp3) is 0.400. The van der Waals surface area contributed by atoms with Gasteiger partial charge in [-0.2, -0.15) is 15.4 Å². The van der Waals surface area contributed by atoms with Gasteiger partial charge in [-0.05, 0) is 6.92 Å². The monoisotopic (exact) mass is 156 g/mol. The highest BCUT2D eigenvalue weighted by atomic mass is 16.6. The number of rotatable bonds is 2. The quantitative estimate of drug-likeness (QED) is 0.560. The molecule has 1 heterocycles. The number of H-pyrrole nitrogens is 1. The van der Waals surface area contributed by atoms with Crippen molar-refractivity contribution >= 4 is 5.91 Å². The molecule has 0 unspecified atom stereocenters. The first-order chi connectivity index (χ1) is 5.25. The standard InChI is InChI=1S/C5H8N4O2/c1-3-4(7-9-6-3)5(10)8-11-2/h1-2H3,(H,8,10)(H,6,7,9). The molecule has 6 nitrogen and oxygen atoms in total. The van der Waals surface area contributed by atoms with Crippen LogP contribution in [-0.2, 0) is 4.84 Å². The molecule has 1 aromatic heterocycles. The number of aryl methyl sites for hydroxylation is 1. The van der Waals surface area contributed by atoms with Gasteiger partial charge in [-0.1, -0.05) is 0 Å². The third-order valence-corrected chi connectivity index (χ3v) is 1.13. The highest BCUT2D eigenvalue weighted by molar-refractivity contribution is 5.92. The summed E-state index contributed by atoms with van der Waals surface area (Å²) in [5.41, 5.74) is 2.91. The first-order valence-electron chi connectivity index (χ1n) is 2.96. The summed E-state index contributed by atoms with van der Waals surface area (Å²) in [6, 6.07) is 0. The summed E-state index contributed by atoms with van der Waals surface area (Å²) in [6.07, 6.45) is 0. The Morgan fingerprint density at radius 3 is 2.82 bits per heavy atom. The van der Waals surface area contributed by atoms with Gasteiger partial charge in [0.15, 0.2) is 5.69 Å². The van der Waals surface area contributed by atoms with E-state index < -0.39 is 5.91 Å². The van der Waals surface area contributed by atoms with E-state index in [0.717, 1.165) is 0 Å². The van der Waals surface area contributed by atoms with Gasteiger partial charge in [-0.15, -0.1) is 0 Å². The average Bonchev–Trinajstić information content (AvgIpc) is 2.36. The molecular weight excluding hydrogens is 148 g/mol. The van der Waals surface area contributed by atoms with Gasteiger partial charge in [0.2, 0.25) is 0 Å². The molecule has 60 valence electrons. The first kappa shape index (κ1) is 7.67. The van der Waals surface area contributed by atoms with Gasteiger partial charge in [-0.25, -0.2) is 5.48 Å². The largest absolute Gasteiger partial charge is 0.297 e. The first-order valence-corrected chi connectivity index (χ1v) is 2.96. The van der Waals surface area contributed by atoms with E-state index in [1.165, 1.54) is 7.11 Å². The molecule has 0 aliphatic carbocycles. The molecule has 1 aromatic rings. The van der Waals surface area contributed by atoms with Gasteiger partial charge in [0.25, 0.3) is 5.91 Å². The second kappa shape index (κ2) is 3.11. The van der Waals surface area contributed by atoms with Crippen LogP contribution in [0.4, 0.5) is 0 Å². The van der Waals surface area contributed by atoms with Crippen molar-refractivity contribution in [2.75, 3.05) is 7.11 Å². The summed E-state index contributed by atoms with van der Waals surface area (Å²) in [5.74, 6) is -0.404. The van der Waals surface area contributed by atoms with Gasteiger partial charge < -0.3 is 0 Å². The summed E-state index contributed by atoms with van der Waals surface area (Å²) in [5, 5.41) is 9.59. The fourth-order valence-electron chi connectivity index (χ4n) is 0.640. The molecule has 0 aromatic carbocycles. The number of hydroxylamine groups is 1. The minimum atomic E-state index is -0.404. The number of aromatic nitrogens is 3. The Labute approximate surface area is 62.9 Å². The van der Waals surface area contributed by atoms with Gasteiger partial charge in [-0.3, -0.25) is 9.63 Å². The highest BCUT2D eigenvalue weighted by Gasteiger charge is 2.11. The summed E-state index contributed by atoms with van der Waals surface area (Å²) < 4.78 is 0. The summed E-state index contributed by atoms with van der Waals surface area (Å²) in [7, 11) is 1.35. The number of carbonyl (C=O) groups excluding carboxylic acids is 1. The normalized spacial score (nSPS) is 9.64. The van der Waals surface area contributed by atoms with E-state index in [1.807, 2.05) is 0 Å². The fourth-order valence-corrected chi connectivity index (χ4v) is 0.640. The van der Waals surface area contributed by atoms with Crippen LogP contribution in [0, 0.1) is 6.92 Å². The number of nitrogens with one attached hydrogen (secondary N) is 2. The predicted molar refractivity (Wildman–Crippen MR) is 35.6 cm³/mol. The van der Waals surface area contributed by atoms with Crippen LogP contribution >= 0.6 is 0 Å². The SMILES string of the molecule is CONC(=O)c1n[nH]nc1C. The van der Waals surface area contributed by atoms with Crippen molar-refractivity contribution in [2.45, 2.75) is 6.92 Å². The van der Waals surface area contributed by atoms with Crippen molar-refractivity contribution in [3.8, 4) is 0 Å². The Kier molecular flexibility index (Phi) is 2.17. The van der Waals surface area contributed by atoms with E-state index in [2.05, 4.69) is 25.7 Å². The van der Waals surface area contributed by atoms with Crippen LogP contribution in [0.1, 0.15) is 16.2 Å². The number of nitrogens with zero attached hydrogens (tertiary/aromatic N) is 2. The van der Waals surface area contributed by atoms with Crippen LogP contribution in [-0.4, -0.2) is 28.4 Å². The molecule has 1 amide bonds. The van der Waals surface area contributed by atoms with E-state index in [1.54, 1.807) is 6.92 Å². The molecule has 0 spiro atoms. The molecular formula is C5H8N4O2. The van der Waals surface area contributed by atoms with Gasteiger partial charge in [0.05, 0.1) is 12.8 Å². The van der Waals surface area contributed by atoms with Crippen LogP contribution < -0.4 is 5.48 Å². The third-order valence-electron chi connectivity index (χ3n) is 1.13. The molecule has 0 fully saturated rings. The van der Waals surface area contributed by atoms with Crippen molar-refractivity contribution in [2.24, 2.45) is 0 Å². The molecule has 2 N–H and O–H groups in total. The second-order valence-corrected chi connectivity index (χ2v) is 1.89. The lowest BCUT2D eigenvalue weighted by Crippen LogP contribution is -2.22. The molecule has 1 rings (SSSR count). The maximum absolute atomic E-state index is 11.0. The van der Waals surface area contributed by atoms with E-state index in [0.29, 0.717) is 5.69 Å². The minimum absolute atomic E-state index is 0.242. The molecule has 0 aliphatic rings. The van der Waals surface area contributed by atoms with E-state index in [-0.39, 0.29) is 5.69 Å². The Bertz CT molecular complexity index is 257. The Morgan fingerprint density at radius 2 is 2.36 bits per heavy atom. The predicted octanol–water partition coefficient (Wildman–Crippen LogP) is -0.596. The van der Waals surface area contributed by atoms with Crippen LogP contribution in [0.3, 0.4) is 0 Å². The lowest BCUT2D eigenvalue weighted by molar-refractivity contribution is 0.0531. The zero-order valence-electron chi connectivity index (χ0n) is 6.21. The van der Waals surface area contributed by atoms with Crippen molar-refractivity contribution in [3.63, 3.8) is 0 Å². The zero-order chi connectivity index (χ0) is 8.27. The van der Waals surface area contributed by atoms with E-state index in [4.69, 9.17) is 0 Å². The number of carbonyl (C=O) groups is 1. The van der Waals surface area contributed by atoms with Crippen molar-refractivity contribution in [1.82, 2.24) is 20.9 Å². The Hall–Kier alpha value is -1.43. The van der Waals surface area contributed by atoms with E-state index >= 15 is 0 Å². The molecule has 11 heavy (non-hydrogen) atoms. The van der Waals surface area contributed by atoms with Crippen molar-refractivity contribution < 1.29 is 9.63 Å². The lowest BCUT2D eigenvalue weighted by atomic mass is 10.3. The summed E-state index contributed by atoms with van der Waals surface area (Å²) in [6.45, 7) is 1.67. The molecule has 0 saturated carbocycles.